The third-order valence-corrected chi connectivity index (χ3v) is 4.31. The first-order valence-electron chi connectivity index (χ1n) is 8.33. The van der Waals surface area contributed by atoms with E-state index >= 15 is 0 Å². The summed E-state index contributed by atoms with van der Waals surface area (Å²) in [7, 11) is 0. The van der Waals surface area contributed by atoms with E-state index in [2.05, 4.69) is 12.2 Å². The van der Waals surface area contributed by atoms with E-state index in [0.29, 0.717) is 12.0 Å². The van der Waals surface area contributed by atoms with E-state index in [1.165, 1.54) is 4.90 Å². The molecule has 5 nitrogen and oxygen atoms in total. The normalized spacial score (nSPS) is 19.7. The second kappa shape index (κ2) is 7.90. The smallest absolute Gasteiger partial charge is 0.277 e. The number of rotatable bonds is 7. The molecule has 0 bridgehead atoms. The van der Waals surface area contributed by atoms with Crippen LogP contribution in [0.15, 0.2) is 30.3 Å². The molecule has 2 rings (SSSR count). The fourth-order valence-electron chi connectivity index (χ4n) is 3.02. The van der Waals surface area contributed by atoms with Crippen LogP contribution in [-0.4, -0.2) is 28.8 Å². The predicted octanol–water partition coefficient (Wildman–Crippen LogP) is 3.21. The average Bonchev–Trinajstić information content (AvgIpc) is 2.54. The minimum absolute atomic E-state index is 0.159. The van der Waals surface area contributed by atoms with Gasteiger partial charge in [0.25, 0.3) is 0 Å². The van der Waals surface area contributed by atoms with Gasteiger partial charge in [0.15, 0.2) is 0 Å². The van der Waals surface area contributed by atoms with Crippen LogP contribution < -0.4 is 5.32 Å². The third kappa shape index (κ3) is 3.78. The Labute approximate surface area is 137 Å². The maximum atomic E-state index is 12.8. The number of carbonyl (C=O) groups excluding carboxylic acids is 3. The van der Waals surface area contributed by atoms with Crippen LogP contribution in [-0.2, 0) is 9.59 Å². The van der Waals surface area contributed by atoms with Crippen molar-refractivity contribution >= 4 is 17.8 Å². The summed E-state index contributed by atoms with van der Waals surface area (Å²) < 4.78 is 0. The van der Waals surface area contributed by atoms with Crippen LogP contribution in [0.2, 0.25) is 0 Å². The quantitative estimate of drug-likeness (QED) is 0.620. The SMILES string of the molecule is CCCCCC(CC)N1C(=O)NC(=O)C(c2ccccc2)C1=O. The summed E-state index contributed by atoms with van der Waals surface area (Å²) in [5, 5.41) is 2.34. The van der Waals surface area contributed by atoms with Gasteiger partial charge in [0.1, 0.15) is 5.92 Å². The average molecular weight is 316 g/mol. The maximum Gasteiger partial charge on any atom is 0.331 e. The summed E-state index contributed by atoms with van der Waals surface area (Å²) in [6.07, 6.45) is 4.59. The molecule has 1 aromatic carbocycles. The van der Waals surface area contributed by atoms with Gasteiger partial charge in [-0.15, -0.1) is 0 Å². The molecule has 124 valence electrons. The molecule has 0 radical (unpaired) electrons. The monoisotopic (exact) mass is 316 g/mol. The van der Waals surface area contributed by atoms with Gasteiger partial charge in [-0.05, 0) is 18.4 Å². The number of hydrogen-bond acceptors (Lipinski definition) is 3. The highest BCUT2D eigenvalue weighted by Gasteiger charge is 2.43. The first-order chi connectivity index (χ1) is 11.1. The van der Waals surface area contributed by atoms with Crippen molar-refractivity contribution < 1.29 is 14.4 Å². The van der Waals surface area contributed by atoms with Crippen molar-refractivity contribution in [2.24, 2.45) is 0 Å². The zero-order valence-electron chi connectivity index (χ0n) is 13.7. The van der Waals surface area contributed by atoms with Crippen LogP contribution in [0.5, 0.6) is 0 Å². The number of amides is 4. The van der Waals surface area contributed by atoms with Gasteiger partial charge < -0.3 is 0 Å². The number of unbranched alkanes of at least 4 members (excludes halogenated alkanes) is 2. The number of urea groups is 1. The Morgan fingerprint density at radius 1 is 1.09 bits per heavy atom. The third-order valence-electron chi connectivity index (χ3n) is 4.31. The molecule has 2 atom stereocenters. The van der Waals surface area contributed by atoms with Crippen LogP contribution >= 0.6 is 0 Å². The largest absolute Gasteiger partial charge is 0.331 e. The molecule has 23 heavy (non-hydrogen) atoms. The number of barbiturate groups is 1. The predicted molar refractivity (Wildman–Crippen MR) is 87.8 cm³/mol. The van der Waals surface area contributed by atoms with Crippen molar-refractivity contribution in [2.75, 3.05) is 0 Å². The summed E-state index contributed by atoms with van der Waals surface area (Å²) in [4.78, 5) is 38.4. The van der Waals surface area contributed by atoms with Gasteiger partial charge in [-0.1, -0.05) is 63.4 Å². The highest BCUT2D eigenvalue weighted by molar-refractivity contribution is 6.19. The Kier molecular flexibility index (Phi) is 5.90. The summed E-state index contributed by atoms with van der Waals surface area (Å²) in [5.41, 5.74) is 0.621. The molecule has 5 heteroatoms. The van der Waals surface area contributed by atoms with Crippen molar-refractivity contribution in [3.63, 3.8) is 0 Å². The minimum Gasteiger partial charge on any atom is -0.277 e. The molecule has 0 aliphatic carbocycles. The lowest BCUT2D eigenvalue weighted by Crippen LogP contribution is -2.59. The molecule has 1 N–H and O–H groups in total. The molecule has 1 saturated heterocycles. The molecular weight excluding hydrogens is 292 g/mol. The molecule has 1 fully saturated rings. The number of carbonyl (C=O) groups is 3. The van der Waals surface area contributed by atoms with E-state index in [4.69, 9.17) is 0 Å². The summed E-state index contributed by atoms with van der Waals surface area (Å²) in [6, 6.07) is 8.15. The first-order valence-corrected chi connectivity index (χ1v) is 8.33. The molecule has 4 amide bonds. The number of nitrogens with one attached hydrogen (secondary N) is 1. The highest BCUT2D eigenvalue weighted by atomic mass is 16.2. The lowest BCUT2D eigenvalue weighted by molar-refractivity contribution is -0.140. The van der Waals surface area contributed by atoms with E-state index in [9.17, 15) is 14.4 Å². The zero-order chi connectivity index (χ0) is 16.8. The number of imide groups is 2. The van der Waals surface area contributed by atoms with Gasteiger partial charge in [-0.25, -0.2) is 4.79 Å². The highest BCUT2D eigenvalue weighted by Crippen LogP contribution is 2.26. The maximum absolute atomic E-state index is 12.8. The molecule has 1 aliphatic heterocycles. The Balaban J connectivity index is 2.23. The minimum atomic E-state index is -0.936. The van der Waals surface area contributed by atoms with Crippen molar-refractivity contribution in [3.8, 4) is 0 Å². The summed E-state index contributed by atoms with van der Waals surface area (Å²) >= 11 is 0. The molecule has 1 aliphatic rings. The van der Waals surface area contributed by atoms with E-state index in [0.717, 1.165) is 25.7 Å². The zero-order valence-corrected chi connectivity index (χ0v) is 13.7. The van der Waals surface area contributed by atoms with Gasteiger partial charge in [-0.2, -0.15) is 0 Å². The lowest BCUT2D eigenvalue weighted by atomic mass is 9.93. The van der Waals surface area contributed by atoms with Crippen LogP contribution in [0, 0.1) is 0 Å². The lowest BCUT2D eigenvalue weighted by Gasteiger charge is -2.35. The van der Waals surface area contributed by atoms with E-state index in [1.54, 1.807) is 24.3 Å². The van der Waals surface area contributed by atoms with Crippen LogP contribution in [0.1, 0.15) is 57.4 Å². The van der Waals surface area contributed by atoms with Crippen molar-refractivity contribution in [3.05, 3.63) is 35.9 Å². The molecule has 0 aromatic heterocycles. The van der Waals surface area contributed by atoms with E-state index < -0.39 is 23.8 Å². The molecule has 1 heterocycles. The second-order valence-corrected chi connectivity index (χ2v) is 5.90. The molecule has 0 spiro atoms. The Morgan fingerprint density at radius 3 is 2.39 bits per heavy atom. The summed E-state index contributed by atoms with van der Waals surface area (Å²) in [6.45, 7) is 4.08. The van der Waals surface area contributed by atoms with Crippen molar-refractivity contribution in [1.82, 2.24) is 10.2 Å². The Bertz CT molecular complexity index is 571. The number of benzene rings is 1. The van der Waals surface area contributed by atoms with Gasteiger partial charge in [0.2, 0.25) is 11.8 Å². The molecular formula is C18H24N2O3. The summed E-state index contributed by atoms with van der Waals surface area (Å²) in [5.74, 6) is -1.88. The van der Waals surface area contributed by atoms with E-state index in [1.807, 2.05) is 13.0 Å². The van der Waals surface area contributed by atoms with Crippen LogP contribution in [0.4, 0.5) is 4.79 Å². The molecule has 2 unspecified atom stereocenters. The standard InChI is InChI=1S/C18H24N2O3/c1-3-5-7-12-14(4-2)20-17(22)15(16(21)19-18(20)23)13-10-8-6-9-11-13/h6,8-11,14-15H,3-5,7,12H2,1-2H3,(H,19,21,23). The van der Waals surface area contributed by atoms with Gasteiger partial charge >= 0.3 is 6.03 Å². The van der Waals surface area contributed by atoms with E-state index in [-0.39, 0.29) is 6.04 Å². The number of hydrogen-bond donors (Lipinski definition) is 1. The topological polar surface area (TPSA) is 66.5 Å². The van der Waals surface area contributed by atoms with Gasteiger partial charge in [0, 0.05) is 6.04 Å². The Hall–Kier alpha value is -2.17. The van der Waals surface area contributed by atoms with Crippen molar-refractivity contribution in [2.45, 2.75) is 57.9 Å². The fourth-order valence-corrected chi connectivity index (χ4v) is 3.02. The Morgan fingerprint density at radius 2 is 1.78 bits per heavy atom. The van der Waals surface area contributed by atoms with Crippen LogP contribution in [0.3, 0.4) is 0 Å². The molecule has 1 aromatic rings. The molecule has 0 saturated carbocycles. The fraction of sp³-hybridized carbons (Fsp3) is 0.500. The first kappa shape index (κ1) is 17.2. The number of nitrogens with zero attached hydrogens (tertiary/aromatic N) is 1. The van der Waals surface area contributed by atoms with Gasteiger partial charge in [-0.3, -0.25) is 19.8 Å². The van der Waals surface area contributed by atoms with Crippen molar-refractivity contribution in [1.29, 1.82) is 0 Å². The van der Waals surface area contributed by atoms with Crippen LogP contribution in [0.25, 0.3) is 0 Å². The second-order valence-electron chi connectivity index (χ2n) is 5.90. The van der Waals surface area contributed by atoms with Gasteiger partial charge in [0.05, 0.1) is 0 Å².